The van der Waals surface area contributed by atoms with Crippen molar-refractivity contribution in [1.29, 1.82) is 0 Å². The van der Waals surface area contributed by atoms with Crippen LogP contribution in [0, 0.1) is 0 Å². The first-order valence-corrected chi connectivity index (χ1v) is 7.32. The zero-order valence-electron chi connectivity index (χ0n) is 11.6. The maximum absolute atomic E-state index is 4.22. The number of nitrogens with zero attached hydrogens (tertiary/aromatic N) is 3. The molecule has 0 bridgehead atoms. The van der Waals surface area contributed by atoms with Gasteiger partial charge in [-0.1, -0.05) is 6.92 Å². The maximum atomic E-state index is 4.22. The van der Waals surface area contributed by atoms with E-state index in [0.717, 1.165) is 19.6 Å². The zero-order valence-corrected chi connectivity index (χ0v) is 11.6. The van der Waals surface area contributed by atoms with Gasteiger partial charge in [-0.3, -0.25) is 0 Å². The molecule has 1 N–H and O–H groups in total. The minimum absolute atomic E-state index is 0.944. The molecule has 0 atom stereocenters. The highest BCUT2D eigenvalue weighted by Crippen LogP contribution is 2.07. The number of hydrogen-bond donors (Lipinski definition) is 1. The number of likely N-dealkylation sites (tertiary alicyclic amines) is 1. The van der Waals surface area contributed by atoms with E-state index in [4.69, 9.17) is 0 Å². The van der Waals surface area contributed by atoms with Gasteiger partial charge in [0.15, 0.2) is 0 Å². The third-order valence-electron chi connectivity index (χ3n) is 3.60. The third kappa shape index (κ3) is 4.10. The predicted molar refractivity (Wildman–Crippen MR) is 74.5 cm³/mol. The molecule has 1 aromatic heterocycles. The summed E-state index contributed by atoms with van der Waals surface area (Å²) < 4.78 is 2.24. The molecular formula is C14H26N4. The first-order valence-electron chi connectivity index (χ1n) is 7.32. The normalized spacial score (nSPS) is 16.5. The summed E-state index contributed by atoms with van der Waals surface area (Å²) in [6.45, 7) is 9.19. The van der Waals surface area contributed by atoms with Gasteiger partial charge in [0, 0.05) is 19.3 Å². The third-order valence-corrected chi connectivity index (χ3v) is 3.60. The molecule has 0 spiro atoms. The van der Waals surface area contributed by atoms with E-state index in [0.29, 0.717) is 0 Å². The van der Waals surface area contributed by atoms with Gasteiger partial charge in [0.25, 0.3) is 0 Å². The van der Waals surface area contributed by atoms with E-state index in [-0.39, 0.29) is 0 Å². The van der Waals surface area contributed by atoms with Crippen LogP contribution in [-0.2, 0) is 13.1 Å². The topological polar surface area (TPSA) is 33.1 Å². The molecule has 102 valence electrons. The van der Waals surface area contributed by atoms with Crippen LogP contribution in [0.15, 0.2) is 12.5 Å². The minimum Gasteiger partial charge on any atom is -0.333 e. The molecule has 0 radical (unpaired) electrons. The van der Waals surface area contributed by atoms with Crippen molar-refractivity contribution in [2.75, 3.05) is 26.2 Å². The fraction of sp³-hybridized carbons (Fsp3) is 0.786. The Labute approximate surface area is 110 Å². The van der Waals surface area contributed by atoms with Crippen molar-refractivity contribution in [3.05, 3.63) is 18.2 Å². The van der Waals surface area contributed by atoms with Crippen LogP contribution >= 0.6 is 0 Å². The van der Waals surface area contributed by atoms with Gasteiger partial charge in [0.05, 0.1) is 12.0 Å². The van der Waals surface area contributed by atoms with Gasteiger partial charge in [-0.15, -0.1) is 0 Å². The van der Waals surface area contributed by atoms with Crippen LogP contribution in [-0.4, -0.2) is 40.6 Å². The van der Waals surface area contributed by atoms with Gasteiger partial charge in [-0.25, -0.2) is 4.98 Å². The standard InChI is InChI=1S/C14H26N4/c1-2-7-18-13-16-12-14(18)11-15-6-5-10-17-8-3-4-9-17/h12-13,15H,2-11H2,1H3. The minimum atomic E-state index is 0.944. The van der Waals surface area contributed by atoms with Crippen LogP contribution in [0.3, 0.4) is 0 Å². The average molecular weight is 250 g/mol. The molecule has 0 unspecified atom stereocenters. The fourth-order valence-electron chi connectivity index (χ4n) is 2.59. The lowest BCUT2D eigenvalue weighted by atomic mass is 10.3. The van der Waals surface area contributed by atoms with Crippen LogP contribution in [0.25, 0.3) is 0 Å². The van der Waals surface area contributed by atoms with E-state index in [1.54, 1.807) is 0 Å². The van der Waals surface area contributed by atoms with Crippen LogP contribution in [0.2, 0.25) is 0 Å². The highest BCUT2D eigenvalue weighted by molar-refractivity contribution is 4.97. The smallest absolute Gasteiger partial charge is 0.0948 e. The number of aryl methyl sites for hydroxylation is 1. The van der Waals surface area contributed by atoms with Gasteiger partial charge in [-0.05, 0) is 51.9 Å². The Bertz CT molecular complexity index is 328. The molecule has 1 fully saturated rings. The summed E-state index contributed by atoms with van der Waals surface area (Å²) in [7, 11) is 0. The first-order chi connectivity index (χ1) is 8.90. The number of hydrogen-bond acceptors (Lipinski definition) is 3. The highest BCUT2D eigenvalue weighted by atomic mass is 15.1. The number of rotatable bonds is 8. The molecule has 1 aromatic rings. The summed E-state index contributed by atoms with van der Waals surface area (Å²) in [6, 6.07) is 0. The van der Waals surface area contributed by atoms with Crippen molar-refractivity contribution in [1.82, 2.24) is 19.8 Å². The molecule has 18 heavy (non-hydrogen) atoms. The zero-order chi connectivity index (χ0) is 12.6. The maximum Gasteiger partial charge on any atom is 0.0948 e. The van der Waals surface area contributed by atoms with E-state index in [2.05, 4.69) is 26.7 Å². The van der Waals surface area contributed by atoms with Gasteiger partial charge >= 0.3 is 0 Å². The second kappa shape index (κ2) is 7.54. The summed E-state index contributed by atoms with van der Waals surface area (Å²) in [5, 5.41) is 3.52. The molecule has 0 aliphatic carbocycles. The van der Waals surface area contributed by atoms with Gasteiger partial charge in [0.1, 0.15) is 0 Å². The Morgan fingerprint density at radius 2 is 2.11 bits per heavy atom. The van der Waals surface area contributed by atoms with Crippen molar-refractivity contribution < 1.29 is 0 Å². The fourth-order valence-corrected chi connectivity index (χ4v) is 2.59. The summed E-state index contributed by atoms with van der Waals surface area (Å²) in [5.74, 6) is 0. The van der Waals surface area contributed by atoms with Crippen molar-refractivity contribution in [2.45, 2.75) is 45.7 Å². The van der Waals surface area contributed by atoms with Crippen LogP contribution in [0.4, 0.5) is 0 Å². The second-order valence-electron chi connectivity index (χ2n) is 5.16. The van der Waals surface area contributed by atoms with Crippen LogP contribution < -0.4 is 5.32 Å². The van der Waals surface area contributed by atoms with Gasteiger partial charge in [0.2, 0.25) is 0 Å². The molecule has 0 aromatic carbocycles. The lowest BCUT2D eigenvalue weighted by Gasteiger charge is -2.14. The molecule has 4 heteroatoms. The number of nitrogens with one attached hydrogen (secondary N) is 1. The molecule has 0 saturated carbocycles. The Morgan fingerprint density at radius 3 is 2.89 bits per heavy atom. The predicted octanol–water partition coefficient (Wildman–Crippen LogP) is 1.87. The Balaban J connectivity index is 1.58. The van der Waals surface area contributed by atoms with Crippen LogP contribution in [0.1, 0.15) is 38.3 Å². The largest absolute Gasteiger partial charge is 0.333 e. The van der Waals surface area contributed by atoms with Crippen molar-refractivity contribution in [3.8, 4) is 0 Å². The van der Waals surface area contributed by atoms with E-state index in [1.807, 2.05) is 12.5 Å². The SMILES string of the molecule is CCCn1cncc1CNCCCN1CCCC1. The van der Waals surface area contributed by atoms with Crippen molar-refractivity contribution in [2.24, 2.45) is 0 Å². The van der Waals surface area contributed by atoms with Gasteiger partial charge < -0.3 is 14.8 Å². The van der Waals surface area contributed by atoms with Crippen LogP contribution in [0.5, 0.6) is 0 Å². The monoisotopic (exact) mass is 250 g/mol. The number of imidazole rings is 1. The molecule has 1 aliphatic rings. The molecule has 4 nitrogen and oxygen atoms in total. The Morgan fingerprint density at radius 1 is 1.28 bits per heavy atom. The second-order valence-corrected chi connectivity index (χ2v) is 5.16. The van der Waals surface area contributed by atoms with E-state index in [1.165, 1.54) is 51.0 Å². The molecule has 0 amide bonds. The summed E-state index contributed by atoms with van der Waals surface area (Å²) >= 11 is 0. The van der Waals surface area contributed by atoms with Gasteiger partial charge in [-0.2, -0.15) is 0 Å². The molecule has 2 heterocycles. The quantitative estimate of drug-likeness (QED) is 0.715. The Kier molecular flexibility index (Phi) is 5.68. The molecule has 1 aliphatic heterocycles. The molecule has 2 rings (SSSR count). The van der Waals surface area contributed by atoms with E-state index >= 15 is 0 Å². The number of aromatic nitrogens is 2. The van der Waals surface area contributed by atoms with E-state index in [9.17, 15) is 0 Å². The highest BCUT2D eigenvalue weighted by Gasteiger charge is 2.10. The summed E-state index contributed by atoms with van der Waals surface area (Å²) in [5.41, 5.74) is 1.30. The molecular weight excluding hydrogens is 224 g/mol. The summed E-state index contributed by atoms with van der Waals surface area (Å²) in [4.78, 5) is 6.79. The van der Waals surface area contributed by atoms with Crippen molar-refractivity contribution >= 4 is 0 Å². The molecule has 1 saturated heterocycles. The lowest BCUT2D eigenvalue weighted by molar-refractivity contribution is 0.330. The van der Waals surface area contributed by atoms with Crippen molar-refractivity contribution in [3.63, 3.8) is 0 Å². The Hall–Kier alpha value is -0.870. The first kappa shape index (κ1) is 13.6. The average Bonchev–Trinajstić information content (AvgIpc) is 3.01. The lowest BCUT2D eigenvalue weighted by Crippen LogP contribution is -2.25. The summed E-state index contributed by atoms with van der Waals surface area (Å²) in [6.07, 6.45) is 9.11. The van der Waals surface area contributed by atoms with E-state index < -0.39 is 0 Å².